The zero-order chi connectivity index (χ0) is 12.9. The van der Waals surface area contributed by atoms with E-state index in [1.807, 2.05) is 0 Å². The predicted octanol–water partition coefficient (Wildman–Crippen LogP) is -0.501. The van der Waals surface area contributed by atoms with Crippen LogP contribution in [0.5, 0.6) is 0 Å². The molecule has 0 saturated carbocycles. The molecule has 1 unspecified atom stereocenters. The van der Waals surface area contributed by atoms with Crippen LogP contribution in [0.15, 0.2) is 23.0 Å². The Morgan fingerprint density at radius 2 is 2.06 bits per heavy atom. The van der Waals surface area contributed by atoms with Crippen LogP contribution in [0.3, 0.4) is 0 Å². The largest absolute Gasteiger partial charge is 0.399 e. The van der Waals surface area contributed by atoms with Crippen molar-refractivity contribution >= 4 is 28.5 Å². The van der Waals surface area contributed by atoms with Crippen LogP contribution in [0.2, 0.25) is 0 Å². The summed E-state index contributed by atoms with van der Waals surface area (Å²) in [6.07, 6.45) is -0.0273. The molecule has 92 valence electrons. The van der Waals surface area contributed by atoms with E-state index in [1.54, 1.807) is 18.2 Å². The molecular weight excluding hydrogens is 236 g/mol. The predicted molar refractivity (Wildman–Crippen MR) is 63.8 cm³/mol. The zero-order valence-electron chi connectivity index (χ0n) is 9.27. The third-order valence-electron chi connectivity index (χ3n) is 3.00. The minimum atomic E-state index is -0.805. The molecule has 2 amide bonds. The topological polar surface area (TPSA) is 110 Å². The molecule has 18 heavy (non-hydrogen) atoms. The molecule has 7 nitrogen and oxygen atoms in total. The number of carbonyl (C=O) groups is 2. The molecule has 2 heterocycles. The normalized spacial score (nSPS) is 19.4. The summed E-state index contributed by atoms with van der Waals surface area (Å²) in [6, 6.07) is 4.11. The van der Waals surface area contributed by atoms with Crippen molar-refractivity contribution in [1.82, 2.24) is 14.9 Å². The van der Waals surface area contributed by atoms with Crippen molar-refractivity contribution in [3.05, 3.63) is 28.7 Å². The highest BCUT2D eigenvalue weighted by Gasteiger charge is 2.34. The first-order valence-electron chi connectivity index (χ1n) is 5.39. The summed E-state index contributed by atoms with van der Waals surface area (Å²) in [7, 11) is 0. The minimum Gasteiger partial charge on any atom is -0.399 e. The van der Waals surface area contributed by atoms with Crippen molar-refractivity contribution < 1.29 is 9.59 Å². The number of hydrogen-bond acceptors (Lipinski definition) is 4. The Labute approximate surface area is 101 Å². The Kier molecular flexibility index (Phi) is 2.03. The number of imidazole rings is 1. The van der Waals surface area contributed by atoms with Gasteiger partial charge in [0, 0.05) is 5.69 Å². The molecule has 0 aliphatic carbocycles. The smallest absolute Gasteiger partial charge is 0.327 e. The first-order chi connectivity index (χ1) is 8.56. The molecular formula is C11H10N4O3. The number of rotatable bonds is 1. The third kappa shape index (κ3) is 1.41. The molecule has 0 bridgehead atoms. The minimum absolute atomic E-state index is 0.0273. The number of H-pyrrole nitrogens is 1. The number of aromatic amines is 1. The van der Waals surface area contributed by atoms with E-state index in [0.29, 0.717) is 16.7 Å². The van der Waals surface area contributed by atoms with Gasteiger partial charge in [-0.15, -0.1) is 0 Å². The number of nitrogen functional groups attached to an aromatic ring is 1. The van der Waals surface area contributed by atoms with Gasteiger partial charge in [0.25, 0.3) is 0 Å². The van der Waals surface area contributed by atoms with Crippen LogP contribution >= 0.6 is 0 Å². The maximum atomic E-state index is 11.9. The number of benzene rings is 1. The first-order valence-corrected chi connectivity index (χ1v) is 5.39. The molecule has 1 saturated heterocycles. The van der Waals surface area contributed by atoms with Crippen LogP contribution < -0.4 is 16.7 Å². The summed E-state index contributed by atoms with van der Waals surface area (Å²) in [6.45, 7) is 0. The summed E-state index contributed by atoms with van der Waals surface area (Å²) in [4.78, 5) is 37.3. The number of anilines is 1. The number of carbonyl (C=O) groups excluding carboxylic acids is 2. The van der Waals surface area contributed by atoms with Gasteiger partial charge in [-0.1, -0.05) is 0 Å². The van der Waals surface area contributed by atoms with Crippen molar-refractivity contribution in [1.29, 1.82) is 0 Å². The molecule has 7 heteroatoms. The molecule has 1 fully saturated rings. The summed E-state index contributed by atoms with van der Waals surface area (Å²) in [5.41, 5.74) is 6.83. The average molecular weight is 246 g/mol. The SMILES string of the molecule is Nc1ccc2[nH]c(=O)n(C3CC(=O)NC3=O)c2c1. The number of nitrogens with two attached hydrogens (primary N) is 1. The van der Waals surface area contributed by atoms with Crippen LogP contribution in [-0.2, 0) is 9.59 Å². The van der Waals surface area contributed by atoms with Crippen LogP contribution in [0.25, 0.3) is 11.0 Å². The van der Waals surface area contributed by atoms with Crippen molar-refractivity contribution in [2.45, 2.75) is 12.5 Å². The number of imide groups is 1. The lowest BCUT2D eigenvalue weighted by Gasteiger charge is -2.08. The highest BCUT2D eigenvalue weighted by Crippen LogP contribution is 2.22. The maximum Gasteiger partial charge on any atom is 0.327 e. The van der Waals surface area contributed by atoms with Crippen LogP contribution in [0, 0.1) is 0 Å². The lowest BCUT2D eigenvalue weighted by Crippen LogP contribution is -2.28. The Morgan fingerprint density at radius 3 is 2.72 bits per heavy atom. The van der Waals surface area contributed by atoms with E-state index < -0.39 is 17.6 Å². The standard InChI is InChI=1S/C11H10N4O3/c12-5-1-2-6-7(3-5)15(11(18)13-6)8-4-9(16)14-10(8)17/h1-3,8H,4,12H2,(H,13,18)(H,14,16,17). The lowest BCUT2D eigenvalue weighted by atomic mass is 10.2. The Hall–Kier alpha value is -2.57. The van der Waals surface area contributed by atoms with Crippen molar-refractivity contribution in [3.8, 4) is 0 Å². The second kappa shape index (κ2) is 3.46. The van der Waals surface area contributed by atoms with E-state index >= 15 is 0 Å². The average Bonchev–Trinajstić information content (AvgIpc) is 2.77. The number of hydrogen-bond donors (Lipinski definition) is 3. The second-order valence-corrected chi connectivity index (χ2v) is 4.21. The molecule has 0 spiro atoms. The van der Waals surface area contributed by atoms with Crippen LogP contribution in [0.4, 0.5) is 5.69 Å². The molecule has 1 aliphatic rings. The number of amides is 2. The first kappa shape index (κ1) is 10.6. The van der Waals surface area contributed by atoms with E-state index in [4.69, 9.17) is 5.73 Å². The van der Waals surface area contributed by atoms with Crippen molar-refractivity contribution in [2.24, 2.45) is 0 Å². The van der Waals surface area contributed by atoms with Gasteiger partial charge >= 0.3 is 5.69 Å². The molecule has 1 aromatic heterocycles. The highest BCUT2D eigenvalue weighted by atomic mass is 16.2. The summed E-state index contributed by atoms with van der Waals surface area (Å²) >= 11 is 0. The number of nitrogens with one attached hydrogen (secondary N) is 2. The van der Waals surface area contributed by atoms with Crippen molar-refractivity contribution in [2.75, 3.05) is 5.73 Å². The maximum absolute atomic E-state index is 11.9. The van der Waals surface area contributed by atoms with Gasteiger partial charge in [0.1, 0.15) is 6.04 Å². The summed E-state index contributed by atoms with van der Waals surface area (Å²) < 4.78 is 1.27. The Bertz CT molecular complexity index is 727. The number of nitrogens with zero attached hydrogens (tertiary/aromatic N) is 1. The van der Waals surface area contributed by atoms with E-state index in [-0.39, 0.29) is 12.3 Å². The van der Waals surface area contributed by atoms with Crippen LogP contribution in [-0.4, -0.2) is 21.4 Å². The van der Waals surface area contributed by atoms with Gasteiger partial charge in [0.05, 0.1) is 17.5 Å². The summed E-state index contributed by atoms with van der Waals surface area (Å²) in [5, 5.41) is 2.18. The van der Waals surface area contributed by atoms with Gasteiger partial charge < -0.3 is 10.7 Å². The fourth-order valence-electron chi connectivity index (χ4n) is 2.20. The monoisotopic (exact) mass is 246 g/mol. The second-order valence-electron chi connectivity index (χ2n) is 4.21. The highest BCUT2D eigenvalue weighted by molar-refractivity contribution is 6.05. The van der Waals surface area contributed by atoms with E-state index in [0.717, 1.165) is 0 Å². The van der Waals surface area contributed by atoms with E-state index in [9.17, 15) is 14.4 Å². The zero-order valence-corrected chi connectivity index (χ0v) is 9.27. The van der Waals surface area contributed by atoms with Gasteiger partial charge in [-0.2, -0.15) is 0 Å². The molecule has 2 aromatic rings. The van der Waals surface area contributed by atoms with E-state index in [1.165, 1.54) is 4.57 Å². The van der Waals surface area contributed by atoms with Gasteiger partial charge in [-0.25, -0.2) is 4.79 Å². The third-order valence-corrected chi connectivity index (χ3v) is 3.00. The van der Waals surface area contributed by atoms with Gasteiger partial charge in [-0.3, -0.25) is 19.5 Å². The lowest BCUT2D eigenvalue weighted by molar-refractivity contribution is -0.125. The summed E-state index contributed by atoms with van der Waals surface area (Å²) in [5.74, 6) is -0.847. The molecule has 1 atom stereocenters. The number of aromatic nitrogens is 2. The van der Waals surface area contributed by atoms with Crippen molar-refractivity contribution in [3.63, 3.8) is 0 Å². The Morgan fingerprint density at radius 1 is 1.28 bits per heavy atom. The van der Waals surface area contributed by atoms with Gasteiger partial charge in [-0.05, 0) is 18.2 Å². The quantitative estimate of drug-likeness (QED) is 0.465. The van der Waals surface area contributed by atoms with E-state index in [2.05, 4.69) is 10.3 Å². The molecule has 3 rings (SSSR count). The molecule has 1 aromatic carbocycles. The van der Waals surface area contributed by atoms with Gasteiger partial charge in [0.2, 0.25) is 11.8 Å². The Balaban J connectivity index is 2.25. The molecule has 1 aliphatic heterocycles. The van der Waals surface area contributed by atoms with Gasteiger partial charge in [0.15, 0.2) is 0 Å². The van der Waals surface area contributed by atoms with Crippen LogP contribution in [0.1, 0.15) is 12.5 Å². The number of fused-ring (bicyclic) bond motifs is 1. The molecule has 0 radical (unpaired) electrons. The molecule has 4 N–H and O–H groups in total. The fourth-order valence-corrected chi connectivity index (χ4v) is 2.20. The fraction of sp³-hybridized carbons (Fsp3) is 0.182.